The second kappa shape index (κ2) is 6.19. The first kappa shape index (κ1) is 13.4. The van der Waals surface area contributed by atoms with E-state index in [1.165, 1.54) is 51.4 Å². The lowest BCUT2D eigenvalue weighted by Crippen LogP contribution is -2.48. The van der Waals surface area contributed by atoms with Crippen molar-refractivity contribution in [1.82, 2.24) is 5.32 Å². The average molecular weight is 239 g/mol. The second-order valence-electron chi connectivity index (χ2n) is 6.29. The van der Waals surface area contributed by atoms with Crippen LogP contribution in [0.25, 0.3) is 0 Å². The number of rotatable bonds is 7. The molecule has 2 aliphatic heterocycles. The van der Waals surface area contributed by atoms with E-state index in [-0.39, 0.29) is 5.60 Å². The Morgan fingerprint density at radius 3 is 2.24 bits per heavy atom. The molecule has 0 aliphatic carbocycles. The summed E-state index contributed by atoms with van der Waals surface area (Å²) in [5.74, 6) is 0. The van der Waals surface area contributed by atoms with E-state index in [1.807, 2.05) is 0 Å². The van der Waals surface area contributed by atoms with Crippen molar-refractivity contribution < 1.29 is 5.11 Å². The van der Waals surface area contributed by atoms with Crippen LogP contribution in [0.5, 0.6) is 0 Å². The van der Waals surface area contributed by atoms with Crippen LogP contribution in [0.4, 0.5) is 0 Å². The number of aliphatic hydroxyl groups is 1. The molecule has 2 N–H and O–H groups in total. The first-order chi connectivity index (χ1) is 8.22. The summed E-state index contributed by atoms with van der Waals surface area (Å²) in [5.41, 5.74) is -0.332. The summed E-state index contributed by atoms with van der Waals surface area (Å²) in [6, 6.07) is 1.22. The van der Waals surface area contributed by atoms with E-state index in [0.717, 1.165) is 19.3 Å². The van der Waals surface area contributed by atoms with E-state index >= 15 is 0 Å². The van der Waals surface area contributed by atoms with E-state index in [2.05, 4.69) is 12.2 Å². The van der Waals surface area contributed by atoms with Gasteiger partial charge in [-0.3, -0.25) is 0 Å². The molecule has 2 rings (SSSR count). The largest absolute Gasteiger partial charge is 0.390 e. The predicted molar refractivity (Wildman–Crippen MR) is 72.1 cm³/mol. The fraction of sp³-hybridized carbons (Fsp3) is 1.00. The quantitative estimate of drug-likeness (QED) is 0.668. The van der Waals surface area contributed by atoms with Crippen molar-refractivity contribution in [2.24, 2.45) is 0 Å². The summed E-state index contributed by atoms with van der Waals surface area (Å²) in [6.45, 7) is 2.26. The zero-order chi connectivity index (χ0) is 12.1. The molecule has 0 aromatic heterocycles. The molecule has 17 heavy (non-hydrogen) atoms. The zero-order valence-electron chi connectivity index (χ0n) is 11.4. The van der Waals surface area contributed by atoms with Crippen LogP contribution in [0.2, 0.25) is 0 Å². The summed E-state index contributed by atoms with van der Waals surface area (Å²) in [5, 5.41) is 14.2. The summed E-state index contributed by atoms with van der Waals surface area (Å²) in [4.78, 5) is 0. The minimum atomic E-state index is -0.332. The highest BCUT2D eigenvalue weighted by Crippen LogP contribution is 2.36. The molecule has 2 saturated heterocycles. The molecule has 100 valence electrons. The van der Waals surface area contributed by atoms with Crippen LogP contribution in [0.1, 0.15) is 77.6 Å². The molecule has 0 radical (unpaired) electrons. The molecular formula is C15H29NO. The van der Waals surface area contributed by atoms with Gasteiger partial charge in [-0.25, -0.2) is 0 Å². The maximum absolute atomic E-state index is 10.6. The van der Waals surface area contributed by atoms with Crippen LogP contribution >= 0.6 is 0 Å². The Labute approximate surface area is 106 Å². The third kappa shape index (κ3) is 3.96. The van der Waals surface area contributed by atoms with Gasteiger partial charge in [0.2, 0.25) is 0 Å². The van der Waals surface area contributed by atoms with Gasteiger partial charge in [0, 0.05) is 12.1 Å². The lowest BCUT2D eigenvalue weighted by atomic mass is 9.83. The molecule has 0 amide bonds. The van der Waals surface area contributed by atoms with E-state index in [4.69, 9.17) is 0 Å². The van der Waals surface area contributed by atoms with Crippen LogP contribution in [-0.4, -0.2) is 22.8 Å². The van der Waals surface area contributed by atoms with Gasteiger partial charge in [0.1, 0.15) is 0 Å². The van der Waals surface area contributed by atoms with E-state index in [0.29, 0.717) is 12.1 Å². The minimum Gasteiger partial charge on any atom is -0.390 e. The average Bonchev–Trinajstić information content (AvgIpc) is 2.64. The molecule has 2 bridgehead atoms. The predicted octanol–water partition coefficient (Wildman–Crippen LogP) is 3.38. The Morgan fingerprint density at radius 2 is 1.59 bits per heavy atom. The highest BCUT2D eigenvalue weighted by atomic mass is 16.3. The molecule has 2 fully saturated rings. The number of unbranched alkanes of at least 4 members (excludes halogenated alkanes) is 5. The first-order valence-corrected chi connectivity index (χ1v) is 7.70. The molecule has 0 spiro atoms. The zero-order valence-corrected chi connectivity index (χ0v) is 11.4. The molecule has 2 unspecified atom stereocenters. The van der Waals surface area contributed by atoms with Gasteiger partial charge >= 0.3 is 0 Å². The van der Waals surface area contributed by atoms with E-state index in [9.17, 15) is 5.11 Å². The highest BCUT2D eigenvalue weighted by Gasteiger charge is 2.41. The Bertz CT molecular complexity index is 217. The Kier molecular flexibility index (Phi) is 4.87. The van der Waals surface area contributed by atoms with Crippen molar-refractivity contribution in [3.8, 4) is 0 Å². The van der Waals surface area contributed by atoms with Crippen LogP contribution in [-0.2, 0) is 0 Å². The van der Waals surface area contributed by atoms with Gasteiger partial charge in [-0.05, 0) is 32.1 Å². The van der Waals surface area contributed by atoms with Crippen molar-refractivity contribution >= 4 is 0 Å². The van der Waals surface area contributed by atoms with Crippen molar-refractivity contribution in [1.29, 1.82) is 0 Å². The Balaban J connectivity index is 1.61. The topological polar surface area (TPSA) is 32.3 Å². The Morgan fingerprint density at radius 1 is 1.00 bits per heavy atom. The van der Waals surface area contributed by atoms with Gasteiger partial charge in [0.25, 0.3) is 0 Å². The van der Waals surface area contributed by atoms with Crippen LogP contribution in [0.15, 0.2) is 0 Å². The van der Waals surface area contributed by atoms with Crippen LogP contribution in [0, 0.1) is 0 Å². The summed E-state index contributed by atoms with van der Waals surface area (Å²) >= 11 is 0. The first-order valence-electron chi connectivity index (χ1n) is 7.70. The normalized spacial score (nSPS) is 36.4. The van der Waals surface area contributed by atoms with Crippen LogP contribution < -0.4 is 5.32 Å². The SMILES string of the molecule is CCCCCCCCC1(O)CC2CCC(C1)N2. The van der Waals surface area contributed by atoms with E-state index in [1.54, 1.807) is 0 Å². The molecule has 2 heteroatoms. The molecule has 2 heterocycles. The number of piperidine rings is 1. The third-order valence-electron chi connectivity index (χ3n) is 4.58. The molecule has 2 atom stereocenters. The molecule has 0 aromatic rings. The maximum atomic E-state index is 10.6. The second-order valence-corrected chi connectivity index (χ2v) is 6.29. The van der Waals surface area contributed by atoms with Gasteiger partial charge in [-0.2, -0.15) is 0 Å². The van der Waals surface area contributed by atoms with Crippen molar-refractivity contribution in [3.05, 3.63) is 0 Å². The standard InChI is InChI=1S/C15H29NO/c1-2-3-4-5-6-7-10-15(17)11-13-8-9-14(12-15)16-13/h13-14,16-17H,2-12H2,1H3. The maximum Gasteiger partial charge on any atom is 0.0677 e. The number of fused-ring (bicyclic) bond motifs is 2. The van der Waals surface area contributed by atoms with E-state index < -0.39 is 0 Å². The van der Waals surface area contributed by atoms with Gasteiger partial charge in [0.05, 0.1) is 5.60 Å². The third-order valence-corrected chi connectivity index (χ3v) is 4.58. The van der Waals surface area contributed by atoms with Gasteiger partial charge in [0.15, 0.2) is 0 Å². The van der Waals surface area contributed by atoms with Crippen molar-refractivity contribution in [3.63, 3.8) is 0 Å². The van der Waals surface area contributed by atoms with Crippen molar-refractivity contribution in [2.75, 3.05) is 0 Å². The molecular weight excluding hydrogens is 210 g/mol. The lowest BCUT2D eigenvalue weighted by molar-refractivity contribution is -0.0159. The van der Waals surface area contributed by atoms with Gasteiger partial charge in [-0.1, -0.05) is 45.4 Å². The number of nitrogens with one attached hydrogen (secondary N) is 1. The Hall–Kier alpha value is -0.0800. The van der Waals surface area contributed by atoms with Crippen molar-refractivity contribution in [2.45, 2.75) is 95.2 Å². The molecule has 0 aromatic carbocycles. The fourth-order valence-electron chi connectivity index (χ4n) is 3.66. The smallest absolute Gasteiger partial charge is 0.0677 e. The molecule has 0 saturated carbocycles. The monoisotopic (exact) mass is 239 g/mol. The number of hydrogen-bond acceptors (Lipinski definition) is 2. The fourth-order valence-corrected chi connectivity index (χ4v) is 3.66. The number of hydrogen-bond donors (Lipinski definition) is 2. The molecule has 2 nitrogen and oxygen atoms in total. The summed E-state index contributed by atoms with van der Waals surface area (Å²) in [6.07, 6.45) is 13.6. The van der Waals surface area contributed by atoms with Crippen LogP contribution in [0.3, 0.4) is 0 Å². The summed E-state index contributed by atoms with van der Waals surface area (Å²) < 4.78 is 0. The lowest BCUT2D eigenvalue weighted by Gasteiger charge is -2.37. The minimum absolute atomic E-state index is 0.332. The van der Waals surface area contributed by atoms with Gasteiger partial charge in [-0.15, -0.1) is 0 Å². The molecule has 2 aliphatic rings. The highest BCUT2D eigenvalue weighted by molar-refractivity contribution is 4.99. The summed E-state index contributed by atoms with van der Waals surface area (Å²) in [7, 11) is 0. The van der Waals surface area contributed by atoms with Gasteiger partial charge < -0.3 is 10.4 Å².